The van der Waals surface area contributed by atoms with Gasteiger partial charge in [-0.25, -0.2) is 9.97 Å². The molecule has 0 fully saturated rings. The lowest BCUT2D eigenvalue weighted by Crippen LogP contribution is -2.07. The van der Waals surface area contributed by atoms with Gasteiger partial charge >= 0.3 is 6.18 Å². The van der Waals surface area contributed by atoms with E-state index in [1.165, 1.54) is 18.9 Å². The standard InChI is InChI=1S/C18H11F3N4O2/c1-10-2-3-11(6-22-10)14-16(26-8-24-14)17-15(25-9-27-17)12-4-5-13(23-7-12)18(19,20)21/h2-9H,1H3. The van der Waals surface area contributed by atoms with Crippen molar-refractivity contribution < 1.29 is 22.0 Å². The minimum atomic E-state index is -4.51. The van der Waals surface area contributed by atoms with Crippen LogP contribution in [0.4, 0.5) is 13.2 Å². The van der Waals surface area contributed by atoms with Gasteiger partial charge in [-0.3, -0.25) is 9.97 Å². The smallest absolute Gasteiger partial charge is 0.433 e. The predicted molar refractivity (Wildman–Crippen MR) is 88.2 cm³/mol. The van der Waals surface area contributed by atoms with E-state index in [0.717, 1.165) is 18.0 Å². The van der Waals surface area contributed by atoms with E-state index >= 15 is 0 Å². The molecule has 136 valence electrons. The van der Waals surface area contributed by atoms with E-state index in [0.29, 0.717) is 28.3 Å². The number of alkyl halides is 3. The second-order valence-corrected chi connectivity index (χ2v) is 5.68. The van der Waals surface area contributed by atoms with Crippen LogP contribution in [0.3, 0.4) is 0 Å². The summed E-state index contributed by atoms with van der Waals surface area (Å²) in [5.74, 6) is 0.540. The Balaban J connectivity index is 1.76. The van der Waals surface area contributed by atoms with E-state index in [9.17, 15) is 13.2 Å². The minimum Gasteiger partial charge on any atom is -0.439 e. The van der Waals surface area contributed by atoms with Crippen LogP contribution >= 0.6 is 0 Å². The van der Waals surface area contributed by atoms with Crippen LogP contribution in [-0.4, -0.2) is 19.9 Å². The van der Waals surface area contributed by atoms with E-state index in [1.54, 1.807) is 6.20 Å². The minimum absolute atomic E-state index is 0.240. The highest BCUT2D eigenvalue weighted by molar-refractivity contribution is 5.81. The number of nitrogens with zero attached hydrogens (tertiary/aromatic N) is 4. The predicted octanol–water partition coefficient (Wildman–Crippen LogP) is 4.78. The van der Waals surface area contributed by atoms with E-state index in [1.807, 2.05) is 19.1 Å². The zero-order valence-corrected chi connectivity index (χ0v) is 13.9. The summed E-state index contributed by atoms with van der Waals surface area (Å²) in [6.45, 7) is 1.86. The molecule has 0 bridgehead atoms. The molecule has 0 unspecified atom stereocenters. The highest BCUT2D eigenvalue weighted by atomic mass is 19.4. The Kier molecular flexibility index (Phi) is 3.98. The van der Waals surface area contributed by atoms with Gasteiger partial charge in [-0.1, -0.05) is 0 Å². The molecule has 0 saturated carbocycles. The summed E-state index contributed by atoms with van der Waals surface area (Å²) in [5.41, 5.74) is 1.71. The summed E-state index contributed by atoms with van der Waals surface area (Å²) in [5, 5.41) is 0. The van der Waals surface area contributed by atoms with Crippen molar-refractivity contribution in [2.45, 2.75) is 13.1 Å². The molecule has 9 heteroatoms. The van der Waals surface area contributed by atoms with E-state index < -0.39 is 11.9 Å². The highest BCUT2D eigenvalue weighted by Crippen LogP contribution is 2.37. The molecule has 0 aromatic carbocycles. The summed E-state index contributed by atoms with van der Waals surface area (Å²) in [7, 11) is 0. The third-order valence-electron chi connectivity index (χ3n) is 3.85. The largest absolute Gasteiger partial charge is 0.439 e. The van der Waals surface area contributed by atoms with Crippen molar-refractivity contribution in [1.82, 2.24) is 19.9 Å². The molecule has 4 heterocycles. The maximum Gasteiger partial charge on any atom is 0.433 e. The number of oxazole rings is 2. The number of aromatic nitrogens is 4. The maximum absolute atomic E-state index is 12.7. The molecule has 0 atom stereocenters. The van der Waals surface area contributed by atoms with E-state index in [2.05, 4.69) is 19.9 Å². The fourth-order valence-corrected chi connectivity index (χ4v) is 2.54. The molecule has 0 radical (unpaired) electrons. The average molecular weight is 372 g/mol. The summed E-state index contributed by atoms with van der Waals surface area (Å²) >= 11 is 0. The maximum atomic E-state index is 12.7. The number of pyridine rings is 2. The monoisotopic (exact) mass is 372 g/mol. The van der Waals surface area contributed by atoms with E-state index in [-0.39, 0.29) is 5.76 Å². The number of halogens is 3. The normalized spacial score (nSPS) is 11.7. The van der Waals surface area contributed by atoms with Gasteiger partial charge in [0, 0.05) is 29.2 Å². The van der Waals surface area contributed by atoms with Crippen molar-refractivity contribution in [3.63, 3.8) is 0 Å². The van der Waals surface area contributed by atoms with Crippen molar-refractivity contribution in [2.24, 2.45) is 0 Å². The van der Waals surface area contributed by atoms with Gasteiger partial charge in [0.2, 0.25) is 0 Å². The molecule has 4 aromatic heterocycles. The van der Waals surface area contributed by atoms with Crippen LogP contribution in [0, 0.1) is 6.92 Å². The van der Waals surface area contributed by atoms with Gasteiger partial charge in [0.1, 0.15) is 17.1 Å². The van der Waals surface area contributed by atoms with Gasteiger partial charge in [0.15, 0.2) is 24.3 Å². The van der Waals surface area contributed by atoms with Crippen LogP contribution in [0.5, 0.6) is 0 Å². The highest BCUT2D eigenvalue weighted by Gasteiger charge is 2.32. The Morgan fingerprint density at radius 3 is 1.74 bits per heavy atom. The molecule has 0 amide bonds. The van der Waals surface area contributed by atoms with Crippen LogP contribution in [-0.2, 0) is 6.18 Å². The SMILES string of the molecule is Cc1ccc(-c2ncoc2-c2ocnc2-c2ccc(C(F)(F)F)nc2)cn1. The molecular formula is C18H11F3N4O2. The number of hydrogen-bond acceptors (Lipinski definition) is 6. The first-order chi connectivity index (χ1) is 12.9. The Hall–Kier alpha value is -3.49. The fourth-order valence-electron chi connectivity index (χ4n) is 2.54. The summed E-state index contributed by atoms with van der Waals surface area (Å²) in [6.07, 6.45) is 0.658. The average Bonchev–Trinajstić information content (AvgIpc) is 3.30. The number of aryl methyl sites for hydroxylation is 1. The lowest BCUT2D eigenvalue weighted by atomic mass is 10.1. The summed E-state index contributed by atoms with van der Waals surface area (Å²) < 4.78 is 49.0. The fraction of sp³-hybridized carbons (Fsp3) is 0.111. The first-order valence-electron chi connectivity index (χ1n) is 7.77. The molecule has 0 aliphatic carbocycles. The van der Waals surface area contributed by atoms with Crippen molar-refractivity contribution in [3.05, 3.63) is 60.8 Å². The van der Waals surface area contributed by atoms with Crippen molar-refractivity contribution in [3.8, 4) is 34.0 Å². The van der Waals surface area contributed by atoms with Crippen molar-refractivity contribution >= 4 is 0 Å². The molecule has 0 N–H and O–H groups in total. The molecule has 4 rings (SSSR count). The topological polar surface area (TPSA) is 77.8 Å². The van der Waals surface area contributed by atoms with Gasteiger partial charge in [0.05, 0.1) is 0 Å². The van der Waals surface area contributed by atoms with Crippen LogP contribution in [0.1, 0.15) is 11.4 Å². The lowest BCUT2D eigenvalue weighted by Gasteiger charge is -2.06. The second kappa shape index (κ2) is 6.35. The van der Waals surface area contributed by atoms with Crippen LogP contribution in [0.2, 0.25) is 0 Å². The second-order valence-electron chi connectivity index (χ2n) is 5.68. The van der Waals surface area contributed by atoms with Gasteiger partial charge < -0.3 is 8.83 Å². The molecule has 0 aliphatic rings. The first-order valence-corrected chi connectivity index (χ1v) is 7.77. The Bertz CT molecular complexity index is 1070. The molecule has 27 heavy (non-hydrogen) atoms. The zero-order chi connectivity index (χ0) is 19.0. The summed E-state index contributed by atoms with van der Waals surface area (Å²) in [6, 6.07) is 5.83. The Morgan fingerprint density at radius 2 is 1.30 bits per heavy atom. The van der Waals surface area contributed by atoms with Crippen LogP contribution in [0.15, 0.2) is 58.3 Å². The number of hydrogen-bond donors (Lipinski definition) is 0. The van der Waals surface area contributed by atoms with E-state index in [4.69, 9.17) is 8.83 Å². The molecule has 0 spiro atoms. The molecule has 0 aliphatic heterocycles. The Morgan fingerprint density at radius 1 is 0.741 bits per heavy atom. The first kappa shape index (κ1) is 17.0. The molecular weight excluding hydrogens is 361 g/mol. The molecule has 6 nitrogen and oxygen atoms in total. The molecule has 4 aromatic rings. The Labute approximate surface area is 150 Å². The van der Waals surface area contributed by atoms with Crippen LogP contribution in [0.25, 0.3) is 34.0 Å². The van der Waals surface area contributed by atoms with Crippen molar-refractivity contribution in [2.75, 3.05) is 0 Å². The zero-order valence-electron chi connectivity index (χ0n) is 13.9. The van der Waals surface area contributed by atoms with Crippen molar-refractivity contribution in [1.29, 1.82) is 0 Å². The van der Waals surface area contributed by atoms with Gasteiger partial charge in [0.25, 0.3) is 0 Å². The molecule has 0 saturated heterocycles. The quantitative estimate of drug-likeness (QED) is 0.515. The summed E-state index contributed by atoms with van der Waals surface area (Å²) in [4.78, 5) is 16.0. The lowest BCUT2D eigenvalue weighted by molar-refractivity contribution is -0.141. The van der Waals surface area contributed by atoms with Gasteiger partial charge in [-0.15, -0.1) is 0 Å². The van der Waals surface area contributed by atoms with Gasteiger partial charge in [-0.05, 0) is 31.2 Å². The van der Waals surface area contributed by atoms with Crippen LogP contribution < -0.4 is 0 Å². The van der Waals surface area contributed by atoms with Gasteiger partial charge in [-0.2, -0.15) is 13.2 Å². The third kappa shape index (κ3) is 3.19. The third-order valence-corrected chi connectivity index (χ3v) is 3.85. The number of rotatable bonds is 3.